The van der Waals surface area contributed by atoms with E-state index in [2.05, 4.69) is 13.8 Å². The highest BCUT2D eigenvalue weighted by Crippen LogP contribution is 2.33. The Labute approximate surface area is 273 Å². The van der Waals surface area contributed by atoms with Crippen molar-refractivity contribution in [2.75, 3.05) is 106 Å². The third-order valence-electron chi connectivity index (χ3n) is 6.99. The van der Waals surface area contributed by atoms with Crippen molar-refractivity contribution in [3.8, 4) is 23.0 Å². The highest BCUT2D eigenvalue weighted by molar-refractivity contribution is 5.44. The maximum atomic E-state index is 8.94. The van der Waals surface area contributed by atoms with Gasteiger partial charge in [0, 0.05) is 0 Å². The van der Waals surface area contributed by atoms with Crippen molar-refractivity contribution >= 4 is 0 Å². The lowest BCUT2D eigenvalue weighted by molar-refractivity contribution is 0.0644. The van der Waals surface area contributed by atoms with Crippen molar-refractivity contribution in [1.82, 2.24) is 0 Å². The van der Waals surface area contributed by atoms with Crippen LogP contribution in [0, 0.1) is 11.8 Å². The van der Waals surface area contributed by atoms with Gasteiger partial charge in [-0.1, -0.05) is 26.0 Å². The zero-order valence-corrected chi connectivity index (χ0v) is 27.4. The number of ether oxygens (including phenoxy) is 8. The van der Waals surface area contributed by atoms with Crippen LogP contribution >= 0.6 is 0 Å². The molecule has 0 aromatic heterocycles. The van der Waals surface area contributed by atoms with Crippen molar-refractivity contribution < 1.29 is 58.3 Å². The first-order valence-electron chi connectivity index (χ1n) is 16.0. The van der Waals surface area contributed by atoms with Crippen LogP contribution in [-0.2, 0) is 31.8 Å². The Morgan fingerprint density at radius 3 is 1.02 bits per heavy atom. The average Bonchev–Trinajstić information content (AvgIpc) is 3.05. The van der Waals surface area contributed by atoms with Crippen LogP contribution in [0.1, 0.15) is 25.0 Å². The van der Waals surface area contributed by atoms with Gasteiger partial charge >= 0.3 is 0 Å². The minimum absolute atomic E-state index is 0.0354. The standard InChI is InChI=1S/C34H54O12/c1-27(23-29-3-5-31(43-19-15-39-11-7-35)33(25-29)45-21-17-41-13-9-37)28(2)24-30-4-6-32(44-20-16-40-12-8-36)34(26-30)46-22-18-42-14-10-38/h3-6,25-28,35-38H,7-24H2,1-2H3/t27-,28-/m1/s1. The number of rotatable bonds is 29. The Balaban J connectivity index is 2.04. The number of aliphatic hydroxyl groups excluding tert-OH is 4. The van der Waals surface area contributed by atoms with Gasteiger partial charge in [0.25, 0.3) is 0 Å². The predicted molar refractivity (Wildman–Crippen MR) is 172 cm³/mol. The second-order valence-corrected chi connectivity index (χ2v) is 10.7. The van der Waals surface area contributed by atoms with E-state index in [1.807, 2.05) is 36.4 Å². The maximum absolute atomic E-state index is 8.94. The quantitative estimate of drug-likeness (QED) is 0.0952. The molecule has 2 rings (SSSR count). The molecule has 0 fully saturated rings. The highest BCUT2D eigenvalue weighted by atomic mass is 16.6. The van der Waals surface area contributed by atoms with Gasteiger partial charge in [0.2, 0.25) is 0 Å². The molecule has 262 valence electrons. The SMILES string of the molecule is C[C@H](Cc1ccc(OCCOCCO)c(OCCOCCO)c1)[C@H](C)Cc1ccc(OCCOCCO)c(OCCOCCO)c1. The van der Waals surface area contributed by atoms with Crippen molar-refractivity contribution in [3.63, 3.8) is 0 Å². The van der Waals surface area contributed by atoms with Gasteiger partial charge in [-0.3, -0.25) is 0 Å². The van der Waals surface area contributed by atoms with Gasteiger partial charge in [0.15, 0.2) is 23.0 Å². The molecule has 0 heterocycles. The first kappa shape index (κ1) is 39.5. The number of benzene rings is 2. The first-order valence-corrected chi connectivity index (χ1v) is 16.0. The molecular weight excluding hydrogens is 600 g/mol. The van der Waals surface area contributed by atoms with E-state index in [-0.39, 0.29) is 52.9 Å². The summed E-state index contributed by atoms with van der Waals surface area (Å²) in [5, 5.41) is 35.7. The molecule has 0 saturated carbocycles. The third kappa shape index (κ3) is 16.8. The molecular formula is C34H54O12. The fourth-order valence-corrected chi connectivity index (χ4v) is 4.48. The number of hydrogen-bond acceptors (Lipinski definition) is 12. The van der Waals surface area contributed by atoms with Crippen LogP contribution in [-0.4, -0.2) is 126 Å². The molecule has 2 atom stereocenters. The van der Waals surface area contributed by atoms with Gasteiger partial charge in [-0.2, -0.15) is 0 Å². The Morgan fingerprint density at radius 2 is 0.717 bits per heavy atom. The molecule has 0 aliphatic heterocycles. The van der Waals surface area contributed by atoms with E-state index in [1.165, 1.54) is 0 Å². The fraction of sp³-hybridized carbons (Fsp3) is 0.647. The van der Waals surface area contributed by atoms with E-state index in [4.69, 9.17) is 58.3 Å². The minimum atomic E-state index is -0.0397. The molecule has 12 heteroatoms. The van der Waals surface area contributed by atoms with Crippen LogP contribution in [0.3, 0.4) is 0 Å². The molecule has 0 saturated heterocycles. The van der Waals surface area contributed by atoms with Crippen molar-refractivity contribution in [1.29, 1.82) is 0 Å². The maximum Gasteiger partial charge on any atom is 0.161 e. The first-order chi connectivity index (χ1) is 22.5. The molecule has 0 aliphatic rings. The molecule has 0 amide bonds. The molecule has 4 N–H and O–H groups in total. The molecule has 0 radical (unpaired) electrons. The monoisotopic (exact) mass is 654 g/mol. The summed E-state index contributed by atoms with van der Waals surface area (Å²) in [6.45, 7) is 8.05. The lowest BCUT2D eigenvalue weighted by atomic mass is 9.85. The summed E-state index contributed by atoms with van der Waals surface area (Å²) < 4.78 is 45.0. The summed E-state index contributed by atoms with van der Waals surface area (Å²) in [6.07, 6.45) is 1.66. The van der Waals surface area contributed by atoms with Crippen LogP contribution in [0.4, 0.5) is 0 Å². The predicted octanol–water partition coefficient (Wildman–Crippen LogP) is 2.29. The van der Waals surface area contributed by atoms with Gasteiger partial charge in [-0.05, 0) is 60.1 Å². The lowest BCUT2D eigenvalue weighted by Gasteiger charge is -2.22. The average molecular weight is 655 g/mol. The van der Waals surface area contributed by atoms with Crippen LogP contribution in [0.15, 0.2) is 36.4 Å². The van der Waals surface area contributed by atoms with E-state index in [0.29, 0.717) is 87.7 Å². The van der Waals surface area contributed by atoms with E-state index < -0.39 is 0 Å². The minimum Gasteiger partial charge on any atom is -0.487 e. The number of hydrogen-bond donors (Lipinski definition) is 4. The molecule has 2 aromatic carbocycles. The summed E-state index contributed by atoms with van der Waals surface area (Å²) in [6, 6.07) is 11.9. The lowest BCUT2D eigenvalue weighted by Crippen LogP contribution is -2.15. The van der Waals surface area contributed by atoms with Crippen LogP contribution in [0.25, 0.3) is 0 Å². The summed E-state index contributed by atoms with van der Waals surface area (Å²) in [5.41, 5.74) is 2.24. The van der Waals surface area contributed by atoms with Crippen LogP contribution < -0.4 is 18.9 Å². The molecule has 0 spiro atoms. The second kappa shape index (κ2) is 25.4. The molecule has 46 heavy (non-hydrogen) atoms. The molecule has 0 bridgehead atoms. The van der Waals surface area contributed by atoms with Gasteiger partial charge in [0.1, 0.15) is 26.4 Å². The summed E-state index contributed by atoms with van der Waals surface area (Å²) in [4.78, 5) is 0. The van der Waals surface area contributed by atoms with Crippen molar-refractivity contribution in [2.45, 2.75) is 26.7 Å². The fourth-order valence-electron chi connectivity index (χ4n) is 4.48. The smallest absolute Gasteiger partial charge is 0.161 e. The zero-order valence-electron chi connectivity index (χ0n) is 27.4. The topological polar surface area (TPSA) is 155 Å². The summed E-state index contributed by atoms with van der Waals surface area (Å²) in [5.74, 6) is 3.14. The van der Waals surface area contributed by atoms with E-state index in [1.54, 1.807) is 0 Å². The van der Waals surface area contributed by atoms with Gasteiger partial charge in [-0.15, -0.1) is 0 Å². The Hall–Kier alpha value is -2.68. The largest absolute Gasteiger partial charge is 0.487 e. The number of aliphatic hydroxyl groups is 4. The Morgan fingerprint density at radius 1 is 0.413 bits per heavy atom. The Bertz CT molecular complexity index is 956. The molecule has 12 nitrogen and oxygen atoms in total. The van der Waals surface area contributed by atoms with Crippen LogP contribution in [0.2, 0.25) is 0 Å². The Kier molecular flexibility index (Phi) is 21.8. The van der Waals surface area contributed by atoms with Crippen molar-refractivity contribution in [2.24, 2.45) is 11.8 Å². The molecule has 2 aromatic rings. The summed E-state index contributed by atoms with van der Waals surface area (Å²) >= 11 is 0. The zero-order chi connectivity index (χ0) is 33.2. The third-order valence-corrected chi connectivity index (χ3v) is 6.99. The summed E-state index contributed by atoms with van der Waals surface area (Å²) in [7, 11) is 0. The molecule has 0 unspecified atom stereocenters. The molecule has 0 aliphatic carbocycles. The van der Waals surface area contributed by atoms with Crippen LogP contribution in [0.5, 0.6) is 23.0 Å². The van der Waals surface area contributed by atoms with Gasteiger partial charge in [0.05, 0.1) is 79.3 Å². The van der Waals surface area contributed by atoms with Crippen molar-refractivity contribution in [3.05, 3.63) is 47.5 Å². The van der Waals surface area contributed by atoms with Gasteiger partial charge < -0.3 is 58.3 Å². The second-order valence-electron chi connectivity index (χ2n) is 10.7. The van der Waals surface area contributed by atoms with E-state index in [0.717, 1.165) is 24.0 Å². The highest BCUT2D eigenvalue weighted by Gasteiger charge is 2.17. The van der Waals surface area contributed by atoms with E-state index in [9.17, 15) is 0 Å². The normalized spacial score (nSPS) is 12.6. The van der Waals surface area contributed by atoms with E-state index >= 15 is 0 Å². The van der Waals surface area contributed by atoms with Gasteiger partial charge in [-0.25, -0.2) is 0 Å².